The van der Waals surface area contributed by atoms with E-state index in [1.165, 1.54) is 12.7 Å². The first-order chi connectivity index (χ1) is 12.7. The van der Waals surface area contributed by atoms with Crippen molar-refractivity contribution in [2.24, 2.45) is 5.73 Å². The van der Waals surface area contributed by atoms with Gasteiger partial charge in [-0.3, -0.25) is 4.79 Å². The third-order valence-corrected chi connectivity index (χ3v) is 5.43. The third kappa shape index (κ3) is 6.46. The van der Waals surface area contributed by atoms with Crippen molar-refractivity contribution in [2.75, 3.05) is 13.7 Å². The molecule has 1 fully saturated rings. The molecule has 0 spiro atoms. The van der Waals surface area contributed by atoms with Crippen LogP contribution in [-0.4, -0.2) is 49.9 Å². The summed E-state index contributed by atoms with van der Waals surface area (Å²) in [4.78, 5) is 12.4. The number of benzene rings is 1. The molecule has 2 rings (SSSR count). The zero-order valence-corrected chi connectivity index (χ0v) is 18.4. The number of amides is 1. The number of aryl methyl sites for hydroxylation is 1. The van der Waals surface area contributed by atoms with Gasteiger partial charge in [0.1, 0.15) is 6.04 Å². The minimum Gasteiger partial charge on any atom is -0.402 e. The van der Waals surface area contributed by atoms with E-state index in [1.54, 1.807) is 0 Å². The lowest BCUT2D eigenvalue weighted by Gasteiger charge is -2.32. The normalized spacial score (nSPS) is 19.6. The summed E-state index contributed by atoms with van der Waals surface area (Å²) >= 11 is 0. The third-order valence-electron chi connectivity index (χ3n) is 5.43. The lowest BCUT2D eigenvalue weighted by atomic mass is 9.75. The van der Waals surface area contributed by atoms with Gasteiger partial charge in [0.05, 0.1) is 23.8 Å². The molecule has 1 aliphatic rings. The van der Waals surface area contributed by atoms with Crippen LogP contribution in [0.3, 0.4) is 0 Å². The summed E-state index contributed by atoms with van der Waals surface area (Å²) in [7, 11) is 1.02. The minimum atomic E-state index is -0.714. The summed E-state index contributed by atoms with van der Waals surface area (Å²) in [6.45, 7) is 8.20. The lowest BCUT2D eigenvalue weighted by Crippen LogP contribution is -2.53. The molecule has 0 aromatic heterocycles. The van der Waals surface area contributed by atoms with Gasteiger partial charge in [-0.25, -0.2) is 0 Å². The number of carbonyl (C=O) groups excluding carboxylic acids is 1. The second-order valence-corrected chi connectivity index (χ2v) is 8.18. The van der Waals surface area contributed by atoms with Crippen molar-refractivity contribution in [1.82, 2.24) is 5.32 Å². The van der Waals surface area contributed by atoms with Crippen molar-refractivity contribution in [3.05, 3.63) is 35.9 Å². The Kier molecular flexibility index (Phi) is 9.44. The van der Waals surface area contributed by atoms with Crippen LogP contribution in [0.15, 0.2) is 30.3 Å². The van der Waals surface area contributed by atoms with E-state index in [0.717, 1.165) is 19.3 Å². The van der Waals surface area contributed by atoms with Crippen LogP contribution in [0.4, 0.5) is 0 Å². The molecule has 0 radical (unpaired) electrons. The molecule has 0 bridgehead atoms. The van der Waals surface area contributed by atoms with Gasteiger partial charge >= 0.3 is 7.12 Å². The SMILES string of the molecule is COC[C@@H](N)C(=O)N[C@@H](CCCc1ccccc1)B1OC(C)(C)C(C)(C)O1.Cl. The number of rotatable bonds is 9. The molecule has 2 atom stereocenters. The molecule has 28 heavy (non-hydrogen) atoms. The number of nitrogens with one attached hydrogen (secondary N) is 1. The van der Waals surface area contributed by atoms with Gasteiger partial charge in [-0.2, -0.15) is 0 Å². The highest BCUT2D eigenvalue weighted by atomic mass is 35.5. The van der Waals surface area contributed by atoms with Crippen molar-refractivity contribution >= 4 is 25.4 Å². The lowest BCUT2D eigenvalue weighted by molar-refractivity contribution is -0.123. The van der Waals surface area contributed by atoms with Gasteiger partial charge in [0, 0.05) is 7.11 Å². The first-order valence-electron chi connectivity index (χ1n) is 9.61. The summed E-state index contributed by atoms with van der Waals surface area (Å²) in [6.07, 6.45) is 2.56. The van der Waals surface area contributed by atoms with Crippen LogP contribution in [0.2, 0.25) is 0 Å². The molecule has 0 saturated carbocycles. The Morgan fingerprint density at radius 2 is 1.75 bits per heavy atom. The van der Waals surface area contributed by atoms with E-state index in [9.17, 15) is 4.79 Å². The average Bonchev–Trinajstić information content (AvgIpc) is 2.82. The maximum Gasteiger partial charge on any atom is 0.481 e. The maximum atomic E-state index is 12.4. The molecular formula is C20H34BClN2O4. The summed E-state index contributed by atoms with van der Waals surface area (Å²) < 4.78 is 17.3. The Bertz CT molecular complexity index is 599. The van der Waals surface area contributed by atoms with Crippen molar-refractivity contribution in [3.8, 4) is 0 Å². The van der Waals surface area contributed by atoms with Crippen molar-refractivity contribution in [3.63, 3.8) is 0 Å². The highest BCUT2D eigenvalue weighted by molar-refractivity contribution is 6.48. The second kappa shape index (κ2) is 10.6. The van der Waals surface area contributed by atoms with E-state index in [4.69, 9.17) is 19.8 Å². The van der Waals surface area contributed by atoms with Crippen molar-refractivity contribution in [2.45, 2.75) is 70.1 Å². The minimum absolute atomic E-state index is 0. The number of halogens is 1. The standard InChI is InChI=1S/C20H33BN2O4.ClH/c1-19(2)20(3,4)27-21(26-19)17(23-18(24)16(22)14-25-5)13-9-12-15-10-7-6-8-11-15;/h6-8,10-11,16-17H,9,12-14,22H2,1-5H3,(H,23,24);1H/t16-,17+;/m1./s1. The molecule has 158 valence electrons. The van der Waals surface area contributed by atoms with Crippen LogP contribution >= 0.6 is 12.4 Å². The summed E-state index contributed by atoms with van der Waals surface area (Å²) in [5.41, 5.74) is 6.25. The second-order valence-electron chi connectivity index (χ2n) is 8.18. The smallest absolute Gasteiger partial charge is 0.402 e. The van der Waals surface area contributed by atoms with E-state index in [-0.39, 0.29) is 30.9 Å². The molecule has 1 saturated heterocycles. The zero-order valence-electron chi connectivity index (χ0n) is 17.6. The molecule has 1 heterocycles. The zero-order chi connectivity index (χ0) is 20.1. The highest BCUT2D eigenvalue weighted by Gasteiger charge is 2.54. The molecule has 1 aromatic carbocycles. The molecule has 8 heteroatoms. The van der Waals surface area contributed by atoms with E-state index < -0.39 is 24.4 Å². The van der Waals surface area contributed by atoms with Crippen LogP contribution in [0.5, 0.6) is 0 Å². The summed E-state index contributed by atoms with van der Waals surface area (Å²) in [5, 5.41) is 3.01. The first-order valence-corrected chi connectivity index (χ1v) is 9.61. The van der Waals surface area contributed by atoms with Crippen molar-refractivity contribution < 1.29 is 18.8 Å². The maximum absolute atomic E-state index is 12.4. The molecule has 1 aliphatic heterocycles. The van der Waals surface area contributed by atoms with Crippen LogP contribution in [-0.2, 0) is 25.3 Å². The van der Waals surface area contributed by atoms with Crippen LogP contribution < -0.4 is 11.1 Å². The first kappa shape index (κ1) is 24.9. The van der Waals surface area contributed by atoms with Gasteiger partial charge in [0.15, 0.2) is 0 Å². The van der Waals surface area contributed by atoms with Gasteiger partial charge in [0.25, 0.3) is 0 Å². The van der Waals surface area contributed by atoms with Gasteiger partial charge in [-0.05, 0) is 52.5 Å². The predicted molar refractivity (Wildman–Crippen MR) is 114 cm³/mol. The predicted octanol–water partition coefficient (Wildman–Crippen LogP) is 2.52. The van der Waals surface area contributed by atoms with Gasteiger partial charge < -0.3 is 25.1 Å². The molecule has 0 unspecified atom stereocenters. The fourth-order valence-electron chi connectivity index (χ4n) is 3.04. The average molecular weight is 413 g/mol. The van der Waals surface area contributed by atoms with E-state index in [1.807, 2.05) is 45.9 Å². The molecule has 0 aliphatic carbocycles. The Hall–Kier alpha value is -1.12. The van der Waals surface area contributed by atoms with E-state index in [2.05, 4.69) is 17.4 Å². The van der Waals surface area contributed by atoms with Crippen LogP contribution in [0.25, 0.3) is 0 Å². The summed E-state index contributed by atoms with van der Waals surface area (Å²) in [6, 6.07) is 9.58. The number of hydrogen-bond acceptors (Lipinski definition) is 5. The Morgan fingerprint density at radius 1 is 1.18 bits per heavy atom. The molecular weight excluding hydrogens is 378 g/mol. The van der Waals surface area contributed by atoms with E-state index in [0.29, 0.717) is 0 Å². The number of ether oxygens (including phenoxy) is 1. The number of hydrogen-bond donors (Lipinski definition) is 2. The Morgan fingerprint density at radius 3 is 2.29 bits per heavy atom. The molecule has 3 N–H and O–H groups in total. The van der Waals surface area contributed by atoms with E-state index >= 15 is 0 Å². The molecule has 1 amide bonds. The fourth-order valence-corrected chi connectivity index (χ4v) is 3.04. The van der Waals surface area contributed by atoms with Gasteiger partial charge in [-0.15, -0.1) is 12.4 Å². The Balaban J connectivity index is 0.00000392. The molecule has 6 nitrogen and oxygen atoms in total. The number of methoxy groups -OCH3 is 1. The van der Waals surface area contributed by atoms with Gasteiger partial charge in [0.2, 0.25) is 5.91 Å². The molecule has 1 aromatic rings. The fraction of sp³-hybridized carbons (Fsp3) is 0.650. The van der Waals surface area contributed by atoms with Crippen LogP contribution in [0, 0.1) is 0 Å². The topological polar surface area (TPSA) is 82.8 Å². The van der Waals surface area contributed by atoms with Crippen LogP contribution in [0.1, 0.15) is 46.1 Å². The summed E-state index contributed by atoms with van der Waals surface area (Å²) in [5.74, 6) is -0.526. The quantitative estimate of drug-likeness (QED) is 0.609. The number of nitrogens with two attached hydrogens (primary N) is 1. The Labute approximate surface area is 175 Å². The monoisotopic (exact) mass is 412 g/mol. The largest absolute Gasteiger partial charge is 0.481 e. The van der Waals surface area contributed by atoms with Crippen molar-refractivity contribution in [1.29, 1.82) is 0 Å². The van der Waals surface area contributed by atoms with Gasteiger partial charge in [-0.1, -0.05) is 30.3 Å². The highest BCUT2D eigenvalue weighted by Crippen LogP contribution is 2.38. The number of carbonyl (C=O) groups is 1.